The summed E-state index contributed by atoms with van der Waals surface area (Å²) in [7, 11) is 0. The van der Waals surface area contributed by atoms with Crippen molar-refractivity contribution in [1.29, 1.82) is 0 Å². The maximum Gasteiger partial charge on any atom is 0.0541 e. The van der Waals surface area contributed by atoms with Crippen LogP contribution in [0.4, 0.5) is 0 Å². The number of aliphatic hydroxyl groups is 1. The lowest BCUT2D eigenvalue weighted by molar-refractivity contribution is 0.0674. The molecule has 1 aromatic rings. The van der Waals surface area contributed by atoms with E-state index in [1.807, 2.05) is 0 Å². The molecule has 0 unspecified atom stereocenters. The highest BCUT2D eigenvalue weighted by molar-refractivity contribution is 5.26. The molecule has 1 aliphatic heterocycles. The van der Waals surface area contributed by atoms with Crippen LogP contribution in [0.2, 0.25) is 0 Å². The van der Waals surface area contributed by atoms with Crippen molar-refractivity contribution in [2.75, 3.05) is 6.54 Å². The third-order valence-electron chi connectivity index (χ3n) is 4.87. The highest BCUT2D eigenvalue weighted by Crippen LogP contribution is 2.28. The molecule has 0 atom stereocenters. The van der Waals surface area contributed by atoms with Crippen molar-refractivity contribution in [3.05, 3.63) is 29.1 Å². The standard InChI is InChI=1S/C17H26N2O/c1-12(2)16-8-3-13-11-19(10-9-17(13)18-16)14-4-6-15(20)7-5-14/h3,8,12,14-15,20H,4-7,9-11H2,1-2H3. The SMILES string of the molecule is CC(C)c1ccc2c(n1)CCN(C1CCC(O)CC1)C2. The molecule has 0 radical (unpaired) electrons. The highest BCUT2D eigenvalue weighted by atomic mass is 16.3. The van der Waals surface area contributed by atoms with Crippen molar-refractivity contribution in [3.8, 4) is 0 Å². The number of aliphatic hydroxyl groups excluding tert-OH is 1. The Morgan fingerprint density at radius 2 is 1.95 bits per heavy atom. The predicted octanol–water partition coefficient (Wildman–Crippen LogP) is 2.87. The van der Waals surface area contributed by atoms with E-state index in [2.05, 4.69) is 30.9 Å². The molecular weight excluding hydrogens is 248 g/mol. The number of rotatable bonds is 2. The van der Waals surface area contributed by atoms with Gasteiger partial charge < -0.3 is 5.11 Å². The summed E-state index contributed by atoms with van der Waals surface area (Å²) < 4.78 is 0. The van der Waals surface area contributed by atoms with Gasteiger partial charge in [-0.15, -0.1) is 0 Å². The van der Waals surface area contributed by atoms with Gasteiger partial charge in [0, 0.05) is 36.9 Å². The van der Waals surface area contributed by atoms with Gasteiger partial charge in [-0.1, -0.05) is 19.9 Å². The minimum atomic E-state index is -0.0569. The summed E-state index contributed by atoms with van der Waals surface area (Å²) in [6.07, 6.45) is 5.26. The Balaban J connectivity index is 1.69. The molecule has 110 valence electrons. The molecule has 2 heterocycles. The van der Waals surface area contributed by atoms with E-state index < -0.39 is 0 Å². The first kappa shape index (κ1) is 14.0. The fourth-order valence-corrected chi connectivity index (χ4v) is 3.51. The molecule has 3 rings (SSSR count). The number of aromatic nitrogens is 1. The van der Waals surface area contributed by atoms with Crippen LogP contribution in [0.15, 0.2) is 12.1 Å². The van der Waals surface area contributed by atoms with E-state index in [0.717, 1.165) is 45.2 Å². The molecule has 0 bridgehead atoms. The summed E-state index contributed by atoms with van der Waals surface area (Å²) in [5.74, 6) is 0.512. The van der Waals surface area contributed by atoms with E-state index in [9.17, 15) is 5.11 Å². The van der Waals surface area contributed by atoms with Crippen LogP contribution < -0.4 is 0 Å². The lowest BCUT2D eigenvalue weighted by atomic mass is 9.90. The topological polar surface area (TPSA) is 36.4 Å². The Labute approximate surface area is 122 Å². The molecule has 0 saturated heterocycles. The van der Waals surface area contributed by atoms with E-state index in [-0.39, 0.29) is 6.10 Å². The molecule has 1 fully saturated rings. The van der Waals surface area contributed by atoms with E-state index in [1.54, 1.807) is 0 Å². The predicted molar refractivity (Wildman–Crippen MR) is 80.7 cm³/mol. The largest absolute Gasteiger partial charge is 0.393 e. The van der Waals surface area contributed by atoms with E-state index in [1.165, 1.54) is 17.0 Å². The minimum absolute atomic E-state index is 0.0569. The fourth-order valence-electron chi connectivity index (χ4n) is 3.51. The lowest BCUT2D eigenvalue weighted by Gasteiger charge is -2.38. The molecule has 1 aliphatic carbocycles. The Morgan fingerprint density at radius 1 is 1.20 bits per heavy atom. The summed E-state index contributed by atoms with van der Waals surface area (Å²) in [5, 5.41) is 9.64. The zero-order chi connectivity index (χ0) is 14.1. The van der Waals surface area contributed by atoms with Gasteiger partial charge in [0.05, 0.1) is 6.10 Å². The van der Waals surface area contributed by atoms with Crippen LogP contribution in [0, 0.1) is 0 Å². The summed E-state index contributed by atoms with van der Waals surface area (Å²) in [4.78, 5) is 7.44. The zero-order valence-corrected chi connectivity index (χ0v) is 12.7. The van der Waals surface area contributed by atoms with Crippen LogP contribution in [0.5, 0.6) is 0 Å². The summed E-state index contributed by atoms with van der Waals surface area (Å²) in [6, 6.07) is 5.13. The summed E-state index contributed by atoms with van der Waals surface area (Å²) in [5.41, 5.74) is 3.94. The first-order chi connectivity index (χ1) is 9.63. The molecule has 0 amide bonds. The van der Waals surface area contributed by atoms with Crippen LogP contribution in [-0.4, -0.2) is 33.7 Å². The van der Waals surface area contributed by atoms with Gasteiger partial charge in [0.15, 0.2) is 0 Å². The van der Waals surface area contributed by atoms with Crippen molar-refractivity contribution in [2.45, 2.75) is 70.6 Å². The second-order valence-corrected chi connectivity index (χ2v) is 6.68. The van der Waals surface area contributed by atoms with Crippen molar-refractivity contribution in [2.24, 2.45) is 0 Å². The van der Waals surface area contributed by atoms with Gasteiger partial charge in [-0.2, -0.15) is 0 Å². The summed E-state index contributed by atoms with van der Waals surface area (Å²) >= 11 is 0. The Hall–Kier alpha value is -0.930. The number of hydrogen-bond acceptors (Lipinski definition) is 3. The molecule has 2 aliphatic rings. The third kappa shape index (κ3) is 2.89. The monoisotopic (exact) mass is 274 g/mol. The quantitative estimate of drug-likeness (QED) is 0.901. The molecule has 0 aromatic carbocycles. The fraction of sp³-hybridized carbons (Fsp3) is 0.706. The van der Waals surface area contributed by atoms with E-state index >= 15 is 0 Å². The van der Waals surface area contributed by atoms with Gasteiger partial charge in [-0.25, -0.2) is 0 Å². The molecular formula is C17H26N2O. The van der Waals surface area contributed by atoms with E-state index in [0.29, 0.717) is 12.0 Å². The molecule has 3 nitrogen and oxygen atoms in total. The van der Waals surface area contributed by atoms with Gasteiger partial charge in [0.2, 0.25) is 0 Å². The third-order valence-corrected chi connectivity index (χ3v) is 4.87. The lowest BCUT2D eigenvalue weighted by Crippen LogP contribution is -2.42. The maximum absolute atomic E-state index is 9.64. The Bertz CT molecular complexity index is 464. The Morgan fingerprint density at radius 3 is 2.65 bits per heavy atom. The second-order valence-electron chi connectivity index (χ2n) is 6.68. The molecule has 3 heteroatoms. The van der Waals surface area contributed by atoms with Crippen LogP contribution in [0.1, 0.15) is 62.4 Å². The first-order valence-corrected chi connectivity index (χ1v) is 8.04. The van der Waals surface area contributed by atoms with Crippen LogP contribution in [0.25, 0.3) is 0 Å². The van der Waals surface area contributed by atoms with Crippen molar-refractivity contribution in [1.82, 2.24) is 9.88 Å². The number of pyridine rings is 1. The maximum atomic E-state index is 9.64. The second kappa shape index (κ2) is 5.82. The first-order valence-electron chi connectivity index (χ1n) is 8.04. The van der Waals surface area contributed by atoms with Gasteiger partial charge in [-0.3, -0.25) is 9.88 Å². The molecule has 0 spiro atoms. The van der Waals surface area contributed by atoms with Crippen LogP contribution >= 0.6 is 0 Å². The Kier molecular flexibility index (Phi) is 4.08. The number of hydrogen-bond donors (Lipinski definition) is 1. The molecule has 1 saturated carbocycles. The average Bonchev–Trinajstić information content (AvgIpc) is 2.47. The van der Waals surface area contributed by atoms with Gasteiger partial charge in [-0.05, 0) is 43.2 Å². The van der Waals surface area contributed by atoms with Gasteiger partial charge in [0.1, 0.15) is 0 Å². The minimum Gasteiger partial charge on any atom is -0.393 e. The molecule has 20 heavy (non-hydrogen) atoms. The zero-order valence-electron chi connectivity index (χ0n) is 12.7. The van der Waals surface area contributed by atoms with Crippen molar-refractivity contribution >= 4 is 0 Å². The van der Waals surface area contributed by atoms with Crippen LogP contribution in [-0.2, 0) is 13.0 Å². The van der Waals surface area contributed by atoms with Crippen molar-refractivity contribution < 1.29 is 5.11 Å². The normalized spacial score (nSPS) is 27.6. The molecule has 1 N–H and O–H groups in total. The van der Waals surface area contributed by atoms with Gasteiger partial charge >= 0.3 is 0 Å². The van der Waals surface area contributed by atoms with Crippen LogP contribution in [0.3, 0.4) is 0 Å². The average molecular weight is 274 g/mol. The smallest absolute Gasteiger partial charge is 0.0541 e. The highest BCUT2D eigenvalue weighted by Gasteiger charge is 2.28. The summed E-state index contributed by atoms with van der Waals surface area (Å²) in [6.45, 7) is 6.58. The van der Waals surface area contributed by atoms with Gasteiger partial charge in [0.25, 0.3) is 0 Å². The number of nitrogens with zero attached hydrogens (tertiary/aromatic N) is 2. The van der Waals surface area contributed by atoms with E-state index in [4.69, 9.17) is 4.98 Å². The van der Waals surface area contributed by atoms with Crippen molar-refractivity contribution in [3.63, 3.8) is 0 Å². The number of fused-ring (bicyclic) bond motifs is 1. The molecule has 1 aromatic heterocycles.